The van der Waals surface area contributed by atoms with E-state index in [9.17, 15) is 182 Å². The Morgan fingerprint density at radius 2 is 0.612 bits per heavy atom. The third-order valence-electron chi connectivity index (χ3n) is 10.8. The van der Waals surface area contributed by atoms with Crippen molar-refractivity contribution in [2.24, 2.45) is 9.98 Å². The fourth-order valence-corrected chi connectivity index (χ4v) is 5.78. The Morgan fingerprint density at radius 3 is 0.824 bits per heavy atom. The first-order chi connectivity index (χ1) is 36.6. The first-order valence-corrected chi connectivity index (χ1v) is 19.0. The third kappa shape index (κ3) is 9.63. The van der Waals surface area contributed by atoms with Crippen LogP contribution in [0.3, 0.4) is 0 Å². The largest absolute Gasteiger partial charge is 0.460 e. The summed E-state index contributed by atoms with van der Waals surface area (Å²) in [5.41, 5.74) is -12.5. The highest BCUT2D eigenvalue weighted by Gasteiger charge is 3.04. The number of hydrogen-bond donors (Lipinski definition) is 1. The number of hydrogen-bond acceptors (Lipinski definition) is 7. The van der Waals surface area contributed by atoms with Gasteiger partial charge in [0.15, 0.2) is 6.73 Å². The summed E-state index contributed by atoms with van der Waals surface area (Å²) in [7, 11) is 0. The van der Waals surface area contributed by atoms with Gasteiger partial charge in [0, 0.05) is 12.5 Å². The predicted octanol–water partition coefficient (Wildman–Crippen LogP) is 14.9. The summed E-state index contributed by atoms with van der Waals surface area (Å²) < 4.78 is 615. The molecule has 0 spiro atoms. The van der Waals surface area contributed by atoms with Crippen LogP contribution >= 0.6 is 0 Å². The topological polar surface area (TPSA) is 114 Å². The maximum absolute atomic E-state index is 15.7. The summed E-state index contributed by atoms with van der Waals surface area (Å²) in [5, 5.41) is 0.987. The SMILES string of the molecule is CC(=O)OCNC(=O)c1cc(N=C=O)c(C)c(N=C=O)c1C(F)(F)C(F)(F)C(F)(F)C(F)(F)C(F)(F)C(F)(F)C(F)(F)C(F)(F)C(F)(F)C(F)(F)C(F)(F)C(F)(F)C(F)(F)C(F)(F)C(F)(F)C(F)(F)C(F)(F)C(F)(F)C(F)(F)C(F)(F)C(F)(F)F. The second-order valence-electron chi connectivity index (χ2n) is 16.0. The fraction of sp³-hybridized carbons (Fsp3) is 0.706. The number of nitrogens with zero attached hydrogens (tertiary/aromatic N) is 2. The maximum atomic E-state index is 15.7. The molecule has 0 heterocycles. The minimum absolute atomic E-state index is 0.00173. The summed E-state index contributed by atoms with van der Waals surface area (Å²) in [6.45, 7) is -1.39. The Morgan fingerprint density at radius 1 is 0.388 bits per heavy atom. The fourth-order valence-electron chi connectivity index (χ4n) is 5.78. The molecule has 1 rings (SSSR count). The molecular formula is C34H10F43N3O5. The molecule has 1 amide bonds. The van der Waals surface area contributed by atoms with E-state index in [4.69, 9.17) is 0 Å². The van der Waals surface area contributed by atoms with Crippen LogP contribution in [0.2, 0.25) is 0 Å². The number of ether oxygens (including phenoxy) is 1. The van der Waals surface area contributed by atoms with Gasteiger partial charge < -0.3 is 10.1 Å². The van der Waals surface area contributed by atoms with Crippen LogP contribution in [-0.2, 0) is 25.0 Å². The van der Waals surface area contributed by atoms with Crippen LogP contribution < -0.4 is 5.32 Å². The molecule has 0 fully saturated rings. The van der Waals surface area contributed by atoms with Crippen molar-refractivity contribution in [1.82, 2.24) is 5.32 Å². The number of amides is 1. The van der Waals surface area contributed by atoms with E-state index in [1.54, 1.807) is 0 Å². The van der Waals surface area contributed by atoms with Gasteiger partial charge in [-0.05, 0) is 13.0 Å². The van der Waals surface area contributed by atoms with Crippen LogP contribution in [0.25, 0.3) is 0 Å². The number of alkyl halides is 43. The molecule has 0 radical (unpaired) electrons. The highest BCUT2D eigenvalue weighted by molar-refractivity contribution is 5.99. The molecule has 1 aromatic rings. The molecule has 85 heavy (non-hydrogen) atoms. The van der Waals surface area contributed by atoms with Crippen molar-refractivity contribution >= 4 is 35.4 Å². The van der Waals surface area contributed by atoms with Crippen LogP contribution in [0.15, 0.2) is 16.1 Å². The lowest BCUT2D eigenvalue weighted by Crippen LogP contribution is -2.80. The zero-order valence-electron chi connectivity index (χ0n) is 38.0. The number of isocyanates is 2. The summed E-state index contributed by atoms with van der Waals surface area (Å²) in [4.78, 5) is 49.9. The standard InChI is InChI=1S/C34H10F43N3O5/c1-7-10(78-4-81)3-9(13(84)80-6-85-8(2)83)11(12(7)79-5-82)14(35,36)15(37,38)16(39,40)17(41,42)18(43,44)19(45,46)20(47,48)21(49,50)22(51,52)23(53,54)24(55,56)25(57,58)26(59,60)27(61,62)28(63,64)29(65,66)30(67,68)31(69,70)32(71,72)33(73,74)34(75,76)77/h3H,6H2,1-2H3,(H,80,84). The molecule has 8 nitrogen and oxygen atoms in total. The maximum Gasteiger partial charge on any atom is 0.460 e. The number of aliphatic imine (C=N–C) groups is 2. The van der Waals surface area contributed by atoms with Crippen molar-refractivity contribution in [2.75, 3.05) is 6.73 Å². The van der Waals surface area contributed by atoms with Gasteiger partial charge in [-0.25, -0.2) is 9.59 Å². The Bertz CT molecular complexity index is 2820. The van der Waals surface area contributed by atoms with E-state index in [2.05, 4.69) is 14.7 Å². The number of nitrogens with one attached hydrogen (secondary N) is 1. The van der Waals surface area contributed by atoms with E-state index in [-0.39, 0.29) is 13.0 Å². The molecule has 0 atom stereocenters. The molecule has 1 N–H and O–H groups in total. The zero-order chi connectivity index (χ0) is 69.2. The van der Waals surface area contributed by atoms with Gasteiger partial charge in [-0.1, -0.05) is 0 Å². The summed E-state index contributed by atoms with van der Waals surface area (Å²) in [6.07, 6.45) is -8.16. The van der Waals surface area contributed by atoms with Gasteiger partial charge in [0.05, 0.1) is 22.5 Å². The van der Waals surface area contributed by atoms with Gasteiger partial charge in [0.25, 0.3) is 5.91 Å². The second kappa shape index (κ2) is 20.8. The van der Waals surface area contributed by atoms with Crippen molar-refractivity contribution in [3.8, 4) is 0 Å². The predicted molar refractivity (Wildman–Crippen MR) is 175 cm³/mol. The average molecular weight is 1360 g/mol. The number of benzene rings is 1. The van der Waals surface area contributed by atoms with E-state index in [1.807, 2.05) is 0 Å². The molecule has 0 aromatic heterocycles. The van der Waals surface area contributed by atoms with E-state index in [1.165, 1.54) is 0 Å². The highest BCUT2D eigenvalue weighted by Crippen LogP contribution is 2.72. The second-order valence-corrected chi connectivity index (χ2v) is 16.0. The van der Waals surface area contributed by atoms with Crippen molar-refractivity contribution in [2.45, 2.75) is 138 Å². The number of carbonyl (C=O) groups is 2. The molecular weight excluding hydrogens is 1350 g/mol. The smallest absolute Gasteiger partial charge is 0.445 e. The van der Waals surface area contributed by atoms with E-state index < -0.39 is 177 Å². The van der Waals surface area contributed by atoms with E-state index in [0.717, 1.165) is 5.32 Å². The quantitative estimate of drug-likeness (QED) is 0.0344. The Balaban J connectivity index is 4.37. The van der Waals surface area contributed by atoms with Gasteiger partial charge in [-0.2, -0.15) is 199 Å². The van der Waals surface area contributed by atoms with Crippen LogP contribution in [0.5, 0.6) is 0 Å². The zero-order valence-corrected chi connectivity index (χ0v) is 38.0. The van der Waals surface area contributed by atoms with Crippen LogP contribution in [0, 0.1) is 6.92 Å². The lowest BCUT2D eigenvalue weighted by molar-refractivity contribution is -0.496. The first kappa shape index (κ1) is 76.9. The first-order valence-electron chi connectivity index (χ1n) is 19.0. The van der Waals surface area contributed by atoms with Crippen molar-refractivity contribution < 1.29 is 213 Å². The lowest BCUT2D eigenvalue weighted by Gasteiger charge is -2.47. The summed E-state index contributed by atoms with van der Waals surface area (Å²) in [6, 6.07) is -0.649. The number of rotatable bonds is 25. The molecule has 0 unspecified atom stereocenters. The molecule has 0 aliphatic carbocycles. The molecule has 1 aromatic carbocycles. The van der Waals surface area contributed by atoms with Crippen molar-refractivity contribution in [3.63, 3.8) is 0 Å². The van der Waals surface area contributed by atoms with Crippen LogP contribution in [0.4, 0.5) is 200 Å². The van der Waals surface area contributed by atoms with Crippen LogP contribution in [0.1, 0.15) is 28.4 Å². The summed E-state index contributed by atoms with van der Waals surface area (Å²) in [5.74, 6) is -209. The molecule has 0 bridgehead atoms. The Labute approximate surface area is 432 Å². The summed E-state index contributed by atoms with van der Waals surface area (Å²) >= 11 is 0. The number of esters is 1. The third-order valence-corrected chi connectivity index (χ3v) is 10.8. The van der Waals surface area contributed by atoms with Gasteiger partial charge in [0.1, 0.15) is 0 Å². The average Bonchev–Trinajstić information content (AvgIpc) is 1.24. The van der Waals surface area contributed by atoms with Gasteiger partial charge in [0.2, 0.25) is 12.2 Å². The Hall–Kier alpha value is -6.09. The Kier molecular flexibility index (Phi) is 18.8. The minimum Gasteiger partial charge on any atom is -0.445 e. The monoisotopic (exact) mass is 1360 g/mol. The molecule has 0 aliphatic rings. The molecule has 0 saturated carbocycles. The molecule has 0 saturated heterocycles. The molecule has 51 heteroatoms. The number of carbonyl (C=O) groups excluding carboxylic acids is 4. The number of halogens is 43. The minimum atomic E-state index is -10.8. The van der Waals surface area contributed by atoms with Crippen molar-refractivity contribution in [3.05, 3.63) is 22.8 Å². The van der Waals surface area contributed by atoms with E-state index in [0.29, 0.717) is 13.0 Å². The molecule has 0 aliphatic heterocycles. The van der Waals surface area contributed by atoms with Gasteiger partial charge in [-0.15, -0.1) is 0 Å². The normalized spacial score (nSPS) is 15.7. The lowest BCUT2D eigenvalue weighted by atomic mass is 9.81. The van der Waals surface area contributed by atoms with Gasteiger partial charge >= 0.3 is 131 Å². The molecule has 492 valence electrons. The highest BCUT2D eigenvalue weighted by atomic mass is 19.4. The van der Waals surface area contributed by atoms with E-state index >= 15 is 26.3 Å². The van der Waals surface area contributed by atoms with Crippen LogP contribution in [-0.4, -0.2) is 149 Å². The van der Waals surface area contributed by atoms with Gasteiger partial charge in [-0.3, -0.25) is 9.59 Å². The van der Waals surface area contributed by atoms with Crippen molar-refractivity contribution in [1.29, 1.82) is 0 Å².